The first kappa shape index (κ1) is 24.7. The van der Waals surface area contributed by atoms with Crippen LogP contribution in [-0.4, -0.2) is 68.1 Å². The lowest BCUT2D eigenvalue weighted by Gasteiger charge is -2.37. The summed E-state index contributed by atoms with van der Waals surface area (Å²) in [5.41, 5.74) is 3.67. The van der Waals surface area contributed by atoms with E-state index in [2.05, 4.69) is 42.4 Å². The highest BCUT2D eigenvalue weighted by Crippen LogP contribution is 2.32. The van der Waals surface area contributed by atoms with E-state index in [-0.39, 0.29) is 12.1 Å². The fourth-order valence-electron chi connectivity index (χ4n) is 4.92. The molecule has 3 aromatic heterocycles. The molecule has 39 heavy (non-hydrogen) atoms. The van der Waals surface area contributed by atoms with Crippen LogP contribution in [0.3, 0.4) is 0 Å². The minimum Gasteiger partial charge on any atom is -0.377 e. The molecule has 2 aliphatic heterocycles. The number of urea groups is 1. The minimum atomic E-state index is -0.344. The van der Waals surface area contributed by atoms with Crippen LogP contribution >= 0.6 is 0 Å². The maximum Gasteiger partial charge on any atom is 0.324 e. The van der Waals surface area contributed by atoms with E-state index < -0.39 is 0 Å². The number of nitrogens with one attached hydrogen (secondary N) is 2. The van der Waals surface area contributed by atoms with Gasteiger partial charge in [-0.2, -0.15) is 5.10 Å². The summed E-state index contributed by atoms with van der Waals surface area (Å²) in [6, 6.07) is 11.0. The van der Waals surface area contributed by atoms with Crippen LogP contribution in [-0.2, 0) is 24.8 Å². The second kappa shape index (κ2) is 10.7. The van der Waals surface area contributed by atoms with Crippen molar-refractivity contribution >= 4 is 29.3 Å². The van der Waals surface area contributed by atoms with Crippen molar-refractivity contribution in [3.8, 4) is 11.4 Å². The number of aryl methyl sites for hydroxylation is 1. The Hall–Kier alpha value is -4.58. The summed E-state index contributed by atoms with van der Waals surface area (Å²) in [5, 5.41) is 9.69. The fourth-order valence-corrected chi connectivity index (χ4v) is 4.92. The lowest BCUT2D eigenvalue weighted by atomic mass is 10.0. The van der Waals surface area contributed by atoms with E-state index in [0.29, 0.717) is 43.0 Å². The van der Waals surface area contributed by atoms with E-state index >= 15 is 0 Å². The quantitative estimate of drug-likeness (QED) is 0.403. The van der Waals surface area contributed by atoms with Gasteiger partial charge in [-0.25, -0.2) is 24.7 Å². The molecule has 1 saturated heterocycles. The standard InChI is InChI=1S/C27H30N10O2/c1-18-17-39-15-14-37(18)25-21-9-13-36(26-28-10-3-11-29-26)16-22(21)32-24(34-25)19-4-6-20(7-5-19)31-27(38)33-23-8-12-30-35(23)2/h3-8,10-12,18H,9,13-17H2,1-2H3,(H2,31,33,38). The lowest BCUT2D eigenvalue weighted by Crippen LogP contribution is -2.45. The SMILES string of the molecule is CC1COCCN1c1nc(-c2ccc(NC(=O)Nc3ccnn3C)cc2)nc2c1CCN(c1ncccn1)C2. The molecule has 5 heterocycles. The number of benzene rings is 1. The molecule has 0 bridgehead atoms. The molecule has 1 atom stereocenters. The van der Waals surface area contributed by atoms with E-state index in [1.807, 2.05) is 30.3 Å². The molecule has 0 radical (unpaired) electrons. The van der Waals surface area contributed by atoms with E-state index in [4.69, 9.17) is 14.7 Å². The van der Waals surface area contributed by atoms with Gasteiger partial charge in [0.2, 0.25) is 5.95 Å². The van der Waals surface area contributed by atoms with Crippen molar-refractivity contribution in [3.63, 3.8) is 0 Å². The van der Waals surface area contributed by atoms with Gasteiger partial charge in [0, 0.05) is 55.4 Å². The Balaban J connectivity index is 1.28. The lowest BCUT2D eigenvalue weighted by molar-refractivity contribution is 0.0984. The molecule has 6 rings (SSSR count). The zero-order valence-electron chi connectivity index (χ0n) is 21.9. The monoisotopic (exact) mass is 526 g/mol. The topological polar surface area (TPSA) is 126 Å². The summed E-state index contributed by atoms with van der Waals surface area (Å²) in [5.74, 6) is 2.91. The number of aromatic nitrogens is 6. The molecular weight excluding hydrogens is 496 g/mol. The first-order chi connectivity index (χ1) is 19.0. The van der Waals surface area contributed by atoms with E-state index in [1.54, 1.807) is 36.4 Å². The van der Waals surface area contributed by atoms with E-state index in [0.717, 1.165) is 36.6 Å². The summed E-state index contributed by atoms with van der Waals surface area (Å²) in [7, 11) is 1.76. The fraction of sp³-hybridized carbons (Fsp3) is 0.333. The van der Waals surface area contributed by atoms with Crippen LogP contribution in [0.15, 0.2) is 55.0 Å². The average Bonchev–Trinajstić information content (AvgIpc) is 3.37. The molecular formula is C27H30N10O2. The Morgan fingerprint density at radius 2 is 1.85 bits per heavy atom. The molecule has 0 spiro atoms. The Kier molecular flexibility index (Phi) is 6.76. The molecule has 12 nitrogen and oxygen atoms in total. The van der Waals surface area contributed by atoms with E-state index in [9.17, 15) is 4.79 Å². The Bertz CT molecular complexity index is 1460. The van der Waals surface area contributed by atoms with Gasteiger partial charge >= 0.3 is 6.03 Å². The normalized spacial score (nSPS) is 17.0. The van der Waals surface area contributed by atoms with Crippen molar-refractivity contribution < 1.29 is 9.53 Å². The first-order valence-electron chi connectivity index (χ1n) is 13.0. The summed E-state index contributed by atoms with van der Waals surface area (Å²) in [6.45, 7) is 5.69. The second-order valence-corrected chi connectivity index (χ2v) is 9.63. The number of fused-ring (bicyclic) bond motifs is 1. The highest BCUT2D eigenvalue weighted by Gasteiger charge is 2.29. The summed E-state index contributed by atoms with van der Waals surface area (Å²) < 4.78 is 7.29. The van der Waals surface area contributed by atoms with Crippen LogP contribution in [0.1, 0.15) is 18.2 Å². The van der Waals surface area contributed by atoms with Crippen molar-refractivity contribution in [3.05, 3.63) is 66.2 Å². The molecule has 0 saturated carbocycles. The molecule has 1 fully saturated rings. The van der Waals surface area contributed by atoms with Gasteiger partial charge in [0.25, 0.3) is 0 Å². The zero-order chi connectivity index (χ0) is 26.8. The smallest absolute Gasteiger partial charge is 0.324 e. The highest BCUT2D eigenvalue weighted by atomic mass is 16.5. The van der Waals surface area contributed by atoms with Gasteiger partial charge in [0.05, 0.1) is 37.7 Å². The summed E-state index contributed by atoms with van der Waals surface area (Å²) in [4.78, 5) is 35.9. The maximum absolute atomic E-state index is 12.4. The van der Waals surface area contributed by atoms with Gasteiger partial charge in [-0.15, -0.1) is 0 Å². The number of carbonyl (C=O) groups is 1. The number of rotatable bonds is 5. The van der Waals surface area contributed by atoms with Crippen LogP contribution in [0.4, 0.5) is 28.1 Å². The van der Waals surface area contributed by atoms with Gasteiger partial charge < -0.3 is 19.9 Å². The molecule has 2 N–H and O–H groups in total. The van der Waals surface area contributed by atoms with Gasteiger partial charge in [0.15, 0.2) is 5.82 Å². The Morgan fingerprint density at radius 3 is 2.59 bits per heavy atom. The van der Waals surface area contributed by atoms with Crippen molar-refractivity contribution in [2.75, 3.05) is 46.7 Å². The van der Waals surface area contributed by atoms with Crippen LogP contribution in [0.25, 0.3) is 11.4 Å². The molecule has 2 aliphatic rings. The van der Waals surface area contributed by atoms with E-state index in [1.165, 1.54) is 5.56 Å². The third-order valence-electron chi connectivity index (χ3n) is 6.98. The third-order valence-corrected chi connectivity index (χ3v) is 6.98. The van der Waals surface area contributed by atoms with Gasteiger partial charge in [-0.1, -0.05) is 0 Å². The summed E-state index contributed by atoms with van der Waals surface area (Å²) >= 11 is 0. The van der Waals surface area contributed by atoms with Crippen molar-refractivity contribution in [2.45, 2.75) is 25.9 Å². The predicted octanol–water partition coefficient (Wildman–Crippen LogP) is 3.10. The van der Waals surface area contributed by atoms with Gasteiger partial charge in [-0.3, -0.25) is 10.00 Å². The van der Waals surface area contributed by atoms with Crippen LogP contribution in [0.5, 0.6) is 0 Å². The molecule has 1 unspecified atom stereocenters. The predicted molar refractivity (Wildman–Crippen MR) is 148 cm³/mol. The second-order valence-electron chi connectivity index (χ2n) is 9.63. The van der Waals surface area contributed by atoms with Crippen LogP contribution in [0.2, 0.25) is 0 Å². The number of nitrogens with zero attached hydrogens (tertiary/aromatic N) is 8. The van der Waals surface area contributed by atoms with Crippen molar-refractivity contribution in [1.29, 1.82) is 0 Å². The Morgan fingerprint density at radius 1 is 1.03 bits per heavy atom. The van der Waals surface area contributed by atoms with Crippen LogP contribution < -0.4 is 20.4 Å². The highest BCUT2D eigenvalue weighted by molar-refractivity contribution is 5.99. The number of anilines is 4. The molecule has 1 aromatic carbocycles. The molecule has 2 amide bonds. The number of amides is 2. The number of morpholine rings is 1. The number of hydrogen-bond donors (Lipinski definition) is 2. The van der Waals surface area contributed by atoms with Crippen molar-refractivity contribution in [1.82, 2.24) is 29.7 Å². The van der Waals surface area contributed by atoms with Crippen molar-refractivity contribution in [2.24, 2.45) is 7.05 Å². The Labute approximate surface area is 226 Å². The van der Waals surface area contributed by atoms with Gasteiger partial charge in [0.1, 0.15) is 11.6 Å². The zero-order valence-corrected chi connectivity index (χ0v) is 21.9. The third kappa shape index (κ3) is 5.23. The molecule has 0 aliphatic carbocycles. The number of carbonyl (C=O) groups excluding carboxylic acids is 1. The number of ether oxygens (including phenoxy) is 1. The maximum atomic E-state index is 12.4. The average molecular weight is 527 g/mol. The van der Waals surface area contributed by atoms with Crippen LogP contribution in [0, 0.1) is 0 Å². The molecule has 12 heteroatoms. The first-order valence-corrected chi connectivity index (χ1v) is 13.0. The largest absolute Gasteiger partial charge is 0.377 e. The number of hydrogen-bond acceptors (Lipinski definition) is 9. The minimum absolute atomic E-state index is 0.214. The molecule has 4 aromatic rings. The molecule has 200 valence electrons. The van der Waals surface area contributed by atoms with Gasteiger partial charge in [-0.05, 0) is 43.7 Å². The summed E-state index contributed by atoms with van der Waals surface area (Å²) in [6.07, 6.45) is 5.95.